The number of nitrogens with zero attached hydrogens (tertiary/aromatic N) is 1. The van der Waals surface area contributed by atoms with Gasteiger partial charge < -0.3 is 17.2 Å². The molecule has 0 aliphatic heterocycles. The van der Waals surface area contributed by atoms with Crippen LogP contribution in [0.15, 0.2) is 4.99 Å². The summed E-state index contributed by atoms with van der Waals surface area (Å²) in [5.41, 5.74) is 15.9. The standard InChI is InChI=1S/C7H18N4.ClH/c1-2-3-4-5-6(8)11-7(9)10;/h6H,2-5,8H2,1H3,(H4,9,10,11);1H. The van der Waals surface area contributed by atoms with Crippen molar-refractivity contribution in [1.29, 1.82) is 0 Å². The van der Waals surface area contributed by atoms with E-state index in [2.05, 4.69) is 11.9 Å². The van der Waals surface area contributed by atoms with E-state index in [-0.39, 0.29) is 24.5 Å². The Hall–Kier alpha value is -0.480. The highest BCUT2D eigenvalue weighted by molar-refractivity contribution is 5.85. The lowest BCUT2D eigenvalue weighted by Gasteiger charge is -2.04. The van der Waals surface area contributed by atoms with Crippen LogP contribution in [0.4, 0.5) is 0 Å². The predicted molar refractivity (Wildman–Crippen MR) is 55.2 cm³/mol. The first kappa shape index (κ1) is 14.1. The SMILES string of the molecule is CCCCCC(N)N=C(N)N.Cl. The number of rotatable bonds is 5. The van der Waals surface area contributed by atoms with E-state index in [0.29, 0.717) is 0 Å². The molecule has 0 aromatic rings. The smallest absolute Gasteiger partial charge is 0.187 e. The van der Waals surface area contributed by atoms with Gasteiger partial charge in [0.1, 0.15) is 6.17 Å². The molecular formula is C7H19ClN4. The zero-order valence-corrected chi connectivity index (χ0v) is 8.31. The van der Waals surface area contributed by atoms with Crippen molar-refractivity contribution in [2.75, 3.05) is 0 Å². The minimum absolute atomic E-state index is 0. The van der Waals surface area contributed by atoms with Gasteiger partial charge in [-0.2, -0.15) is 0 Å². The minimum Gasteiger partial charge on any atom is -0.370 e. The Morgan fingerprint density at radius 3 is 2.33 bits per heavy atom. The van der Waals surface area contributed by atoms with E-state index in [1.807, 2.05) is 0 Å². The lowest BCUT2D eigenvalue weighted by molar-refractivity contribution is 0.576. The average Bonchev–Trinajstić information content (AvgIpc) is 1.86. The summed E-state index contributed by atoms with van der Waals surface area (Å²) in [5, 5.41) is 0. The van der Waals surface area contributed by atoms with E-state index in [1.165, 1.54) is 12.8 Å². The first-order valence-electron chi connectivity index (χ1n) is 4.01. The summed E-state index contributed by atoms with van der Waals surface area (Å²) in [6.07, 6.45) is 4.12. The molecule has 0 aliphatic rings. The fourth-order valence-electron chi connectivity index (χ4n) is 0.860. The van der Waals surface area contributed by atoms with Crippen LogP contribution in [0.3, 0.4) is 0 Å². The molecule has 0 radical (unpaired) electrons. The van der Waals surface area contributed by atoms with Gasteiger partial charge in [0.25, 0.3) is 0 Å². The number of unbranched alkanes of at least 4 members (excludes halogenated alkanes) is 2. The third-order valence-electron chi connectivity index (χ3n) is 1.42. The highest BCUT2D eigenvalue weighted by atomic mass is 35.5. The van der Waals surface area contributed by atoms with Gasteiger partial charge in [-0.15, -0.1) is 12.4 Å². The molecule has 6 N–H and O–H groups in total. The lowest BCUT2D eigenvalue weighted by Crippen LogP contribution is -2.28. The average molecular weight is 195 g/mol. The van der Waals surface area contributed by atoms with Crippen LogP contribution in [-0.4, -0.2) is 12.1 Å². The van der Waals surface area contributed by atoms with Gasteiger partial charge >= 0.3 is 0 Å². The molecule has 5 heteroatoms. The number of nitrogens with two attached hydrogens (primary N) is 3. The zero-order valence-electron chi connectivity index (χ0n) is 7.49. The highest BCUT2D eigenvalue weighted by Gasteiger charge is 1.97. The maximum absolute atomic E-state index is 5.57. The van der Waals surface area contributed by atoms with Crippen molar-refractivity contribution in [3.05, 3.63) is 0 Å². The lowest BCUT2D eigenvalue weighted by atomic mass is 10.2. The maximum atomic E-state index is 5.57. The van der Waals surface area contributed by atoms with Crippen LogP contribution in [0.25, 0.3) is 0 Å². The topological polar surface area (TPSA) is 90.4 Å². The molecule has 74 valence electrons. The molecule has 0 saturated carbocycles. The van der Waals surface area contributed by atoms with Gasteiger partial charge in [0.05, 0.1) is 0 Å². The second-order valence-electron chi connectivity index (χ2n) is 2.62. The molecule has 12 heavy (non-hydrogen) atoms. The third-order valence-corrected chi connectivity index (χ3v) is 1.42. The number of halogens is 1. The summed E-state index contributed by atoms with van der Waals surface area (Å²) in [6, 6.07) is 0. The number of aliphatic imine (C=N–C) groups is 1. The normalized spacial score (nSPS) is 11.5. The zero-order chi connectivity index (χ0) is 8.69. The molecule has 0 bridgehead atoms. The van der Waals surface area contributed by atoms with Gasteiger partial charge in [-0.05, 0) is 12.8 Å². The Morgan fingerprint density at radius 1 is 1.33 bits per heavy atom. The van der Waals surface area contributed by atoms with Crippen molar-refractivity contribution in [2.45, 2.75) is 38.8 Å². The highest BCUT2D eigenvalue weighted by Crippen LogP contribution is 2.01. The number of hydrogen-bond acceptors (Lipinski definition) is 2. The predicted octanol–water partition coefficient (Wildman–Crippen LogP) is 0.547. The summed E-state index contributed by atoms with van der Waals surface area (Å²) in [5.74, 6) is 0.0778. The van der Waals surface area contributed by atoms with E-state index < -0.39 is 0 Å². The van der Waals surface area contributed by atoms with Crippen molar-refractivity contribution in [3.63, 3.8) is 0 Å². The minimum atomic E-state index is -0.216. The first-order valence-corrected chi connectivity index (χ1v) is 4.01. The Bertz CT molecular complexity index is 123. The Labute approximate surface area is 80.0 Å². The third kappa shape index (κ3) is 9.52. The summed E-state index contributed by atoms with van der Waals surface area (Å²) in [7, 11) is 0. The van der Waals surface area contributed by atoms with Crippen LogP contribution in [0.1, 0.15) is 32.6 Å². The molecule has 0 heterocycles. The fraction of sp³-hybridized carbons (Fsp3) is 0.857. The summed E-state index contributed by atoms with van der Waals surface area (Å²) in [6.45, 7) is 2.14. The van der Waals surface area contributed by atoms with E-state index >= 15 is 0 Å². The molecule has 4 nitrogen and oxygen atoms in total. The van der Waals surface area contributed by atoms with Crippen LogP contribution in [-0.2, 0) is 0 Å². The molecule has 0 aromatic heterocycles. The van der Waals surface area contributed by atoms with Crippen molar-refractivity contribution in [3.8, 4) is 0 Å². The van der Waals surface area contributed by atoms with Crippen LogP contribution in [0.2, 0.25) is 0 Å². The summed E-state index contributed by atoms with van der Waals surface area (Å²) >= 11 is 0. The second kappa shape index (κ2) is 8.62. The quantitative estimate of drug-likeness (QED) is 0.339. The van der Waals surface area contributed by atoms with E-state index in [0.717, 1.165) is 12.8 Å². The molecule has 0 saturated heterocycles. The second-order valence-corrected chi connectivity index (χ2v) is 2.62. The Kier molecular flexibility index (Phi) is 10.1. The van der Waals surface area contributed by atoms with Crippen molar-refractivity contribution in [1.82, 2.24) is 0 Å². The summed E-state index contributed by atoms with van der Waals surface area (Å²) < 4.78 is 0. The molecule has 1 atom stereocenters. The van der Waals surface area contributed by atoms with Gasteiger partial charge in [0.15, 0.2) is 5.96 Å². The number of hydrogen-bond donors (Lipinski definition) is 3. The van der Waals surface area contributed by atoms with E-state index in [4.69, 9.17) is 17.2 Å². The van der Waals surface area contributed by atoms with Gasteiger partial charge in [0.2, 0.25) is 0 Å². The van der Waals surface area contributed by atoms with E-state index in [9.17, 15) is 0 Å². The monoisotopic (exact) mass is 194 g/mol. The van der Waals surface area contributed by atoms with Gasteiger partial charge in [-0.3, -0.25) is 0 Å². The molecule has 0 amide bonds. The molecule has 0 rings (SSSR count). The molecule has 0 aliphatic carbocycles. The molecule has 0 spiro atoms. The number of guanidine groups is 1. The van der Waals surface area contributed by atoms with Crippen LogP contribution in [0, 0.1) is 0 Å². The molecule has 0 fully saturated rings. The van der Waals surface area contributed by atoms with Crippen molar-refractivity contribution in [2.24, 2.45) is 22.2 Å². The Balaban J connectivity index is 0. The van der Waals surface area contributed by atoms with Crippen LogP contribution < -0.4 is 17.2 Å². The molecule has 0 aromatic carbocycles. The van der Waals surface area contributed by atoms with Gasteiger partial charge in [-0.1, -0.05) is 19.8 Å². The van der Waals surface area contributed by atoms with Crippen LogP contribution in [0.5, 0.6) is 0 Å². The first-order chi connectivity index (χ1) is 5.16. The maximum Gasteiger partial charge on any atom is 0.187 e. The molecular weight excluding hydrogens is 176 g/mol. The van der Waals surface area contributed by atoms with Gasteiger partial charge in [0, 0.05) is 0 Å². The van der Waals surface area contributed by atoms with Gasteiger partial charge in [-0.25, -0.2) is 4.99 Å². The van der Waals surface area contributed by atoms with Crippen LogP contribution >= 0.6 is 12.4 Å². The fourth-order valence-corrected chi connectivity index (χ4v) is 0.860. The van der Waals surface area contributed by atoms with Crippen molar-refractivity contribution >= 4 is 18.4 Å². The van der Waals surface area contributed by atoms with Crippen molar-refractivity contribution < 1.29 is 0 Å². The Morgan fingerprint density at radius 2 is 1.92 bits per heavy atom. The largest absolute Gasteiger partial charge is 0.370 e. The van der Waals surface area contributed by atoms with E-state index in [1.54, 1.807) is 0 Å². The molecule has 1 unspecified atom stereocenters. The summed E-state index contributed by atoms with van der Waals surface area (Å²) in [4.78, 5) is 3.80.